The van der Waals surface area contributed by atoms with E-state index in [1.807, 2.05) is 24.3 Å². The number of benzene rings is 1. The molecule has 1 heterocycles. The zero-order valence-corrected chi connectivity index (χ0v) is 13.0. The van der Waals surface area contributed by atoms with Crippen molar-refractivity contribution in [1.29, 1.82) is 0 Å². The van der Waals surface area contributed by atoms with Crippen LogP contribution in [0.4, 0.5) is 0 Å². The molecule has 1 aromatic carbocycles. The predicted octanol–water partition coefficient (Wildman–Crippen LogP) is 3.55. The Morgan fingerprint density at radius 3 is 2.45 bits per heavy atom. The SMILES string of the molecule is CC(C)(C)c1csc(COc2ccc(CCO)cc2)n1. The summed E-state index contributed by atoms with van der Waals surface area (Å²) >= 11 is 1.64. The Balaban J connectivity index is 1.93. The van der Waals surface area contributed by atoms with E-state index in [2.05, 4.69) is 31.1 Å². The van der Waals surface area contributed by atoms with E-state index in [0.717, 1.165) is 22.0 Å². The van der Waals surface area contributed by atoms with E-state index in [1.165, 1.54) is 0 Å². The molecule has 0 aliphatic carbocycles. The molecule has 0 aliphatic rings. The second kappa shape index (κ2) is 6.37. The van der Waals surface area contributed by atoms with Crippen molar-refractivity contribution in [1.82, 2.24) is 4.98 Å². The van der Waals surface area contributed by atoms with Gasteiger partial charge in [0.2, 0.25) is 0 Å². The smallest absolute Gasteiger partial charge is 0.140 e. The first-order valence-corrected chi connectivity index (χ1v) is 7.64. The average molecular weight is 291 g/mol. The van der Waals surface area contributed by atoms with E-state index in [1.54, 1.807) is 11.3 Å². The Labute approximate surface area is 124 Å². The third-order valence-electron chi connectivity index (χ3n) is 3.01. The van der Waals surface area contributed by atoms with Gasteiger partial charge >= 0.3 is 0 Å². The molecular formula is C16H21NO2S. The molecule has 1 aromatic heterocycles. The number of nitrogens with zero attached hydrogens (tertiary/aromatic N) is 1. The highest BCUT2D eigenvalue weighted by atomic mass is 32.1. The molecule has 0 saturated heterocycles. The maximum Gasteiger partial charge on any atom is 0.140 e. The van der Waals surface area contributed by atoms with Gasteiger partial charge in [0.15, 0.2) is 0 Å². The van der Waals surface area contributed by atoms with E-state index >= 15 is 0 Å². The van der Waals surface area contributed by atoms with Crippen LogP contribution in [0.25, 0.3) is 0 Å². The normalized spacial score (nSPS) is 11.6. The number of aliphatic hydroxyl groups excluding tert-OH is 1. The fourth-order valence-electron chi connectivity index (χ4n) is 1.75. The number of aromatic nitrogens is 1. The van der Waals surface area contributed by atoms with Crippen molar-refractivity contribution in [2.45, 2.75) is 39.2 Å². The summed E-state index contributed by atoms with van der Waals surface area (Å²) < 4.78 is 5.74. The first-order chi connectivity index (χ1) is 9.49. The van der Waals surface area contributed by atoms with E-state index < -0.39 is 0 Å². The van der Waals surface area contributed by atoms with Crippen LogP contribution in [-0.2, 0) is 18.4 Å². The van der Waals surface area contributed by atoms with Gasteiger partial charge in [-0.25, -0.2) is 4.98 Å². The molecule has 4 heteroatoms. The summed E-state index contributed by atoms with van der Waals surface area (Å²) in [5.41, 5.74) is 2.31. The Bertz CT molecular complexity index is 540. The fourth-order valence-corrected chi connectivity index (χ4v) is 2.68. The summed E-state index contributed by atoms with van der Waals surface area (Å²) in [6.45, 7) is 7.15. The minimum absolute atomic E-state index is 0.0840. The Morgan fingerprint density at radius 1 is 1.20 bits per heavy atom. The van der Waals surface area contributed by atoms with Crippen LogP contribution in [0, 0.1) is 0 Å². The lowest BCUT2D eigenvalue weighted by Crippen LogP contribution is -2.11. The van der Waals surface area contributed by atoms with Gasteiger partial charge in [-0.3, -0.25) is 0 Å². The van der Waals surface area contributed by atoms with Gasteiger partial charge in [0, 0.05) is 17.4 Å². The second-order valence-corrected chi connectivity index (χ2v) is 6.73. The van der Waals surface area contributed by atoms with Crippen LogP contribution in [0.5, 0.6) is 5.75 Å². The topological polar surface area (TPSA) is 42.4 Å². The van der Waals surface area contributed by atoms with Gasteiger partial charge in [0.1, 0.15) is 17.4 Å². The van der Waals surface area contributed by atoms with Crippen LogP contribution in [0.3, 0.4) is 0 Å². The maximum absolute atomic E-state index is 8.87. The molecule has 0 spiro atoms. The van der Waals surface area contributed by atoms with Gasteiger partial charge in [0.05, 0.1) is 5.69 Å². The molecule has 1 N–H and O–H groups in total. The van der Waals surface area contributed by atoms with Gasteiger partial charge in [0.25, 0.3) is 0 Å². The molecule has 0 radical (unpaired) electrons. The molecule has 0 unspecified atom stereocenters. The summed E-state index contributed by atoms with van der Waals surface area (Å²) in [7, 11) is 0. The lowest BCUT2D eigenvalue weighted by Gasteiger charge is -2.14. The first kappa shape index (κ1) is 15.0. The standard InChI is InChI=1S/C16H21NO2S/c1-16(2,3)14-11-20-15(17-14)10-19-13-6-4-12(5-7-13)8-9-18/h4-7,11,18H,8-10H2,1-3H3. The molecule has 20 heavy (non-hydrogen) atoms. The monoisotopic (exact) mass is 291 g/mol. The van der Waals surface area contributed by atoms with Crippen LogP contribution in [0.15, 0.2) is 29.6 Å². The average Bonchev–Trinajstić information content (AvgIpc) is 2.87. The summed E-state index contributed by atoms with van der Waals surface area (Å²) in [5.74, 6) is 0.833. The van der Waals surface area contributed by atoms with Gasteiger partial charge in [-0.05, 0) is 24.1 Å². The first-order valence-electron chi connectivity index (χ1n) is 6.76. The van der Waals surface area contributed by atoms with Crippen LogP contribution in [0.2, 0.25) is 0 Å². The molecule has 0 aliphatic heterocycles. The van der Waals surface area contributed by atoms with Crippen LogP contribution >= 0.6 is 11.3 Å². The number of hydrogen-bond acceptors (Lipinski definition) is 4. The number of rotatable bonds is 5. The van der Waals surface area contributed by atoms with Gasteiger partial charge in [-0.2, -0.15) is 0 Å². The number of hydrogen-bond donors (Lipinski definition) is 1. The van der Waals surface area contributed by atoms with E-state index in [0.29, 0.717) is 13.0 Å². The molecular weight excluding hydrogens is 270 g/mol. The highest BCUT2D eigenvalue weighted by Crippen LogP contribution is 2.24. The maximum atomic E-state index is 8.87. The number of thiazole rings is 1. The molecule has 2 aromatic rings. The molecule has 0 saturated carbocycles. The molecule has 2 rings (SSSR count). The Kier molecular flexibility index (Phi) is 4.78. The highest BCUT2D eigenvalue weighted by molar-refractivity contribution is 7.09. The summed E-state index contributed by atoms with van der Waals surface area (Å²) in [6.07, 6.45) is 0.682. The van der Waals surface area contributed by atoms with Crippen molar-refractivity contribution in [2.24, 2.45) is 0 Å². The summed E-state index contributed by atoms with van der Waals surface area (Å²) in [5, 5.41) is 12.0. The van der Waals surface area contributed by atoms with Crippen molar-refractivity contribution in [2.75, 3.05) is 6.61 Å². The largest absolute Gasteiger partial charge is 0.486 e. The van der Waals surface area contributed by atoms with Gasteiger partial charge < -0.3 is 9.84 Å². The van der Waals surface area contributed by atoms with Crippen molar-refractivity contribution < 1.29 is 9.84 Å². The number of ether oxygens (including phenoxy) is 1. The lowest BCUT2D eigenvalue weighted by molar-refractivity contribution is 0.298. The van der Waals surface area contributed by atoms with E-state index in [4.69, 9.17) is 9.84 Å². The Hall–Kier alpha value is -1.39. The summed E-state index contributed by atoms with van der Waals surface area (Å²) in [6, 6.07) is 7.83. The highest BCUT2D eigenvalue weighted by Gasteiger charge is 2.17. The van der Waals surface area contributed by atoms with Crippen LogP contribution in [-0.4, -0.2) is 16.7 Å². The molecule has 0 amide bonds. The third-order valence-corrected chi connectivity index (χ3v) is 3.83. The minimum atomic E-state index is 0.0840. The van der Waals surface area contributed by atoms with Crippen molar-refractivity contribution in [3.8, 4) is 5.75 Å². The fraction of sp³-hybridized carbons (Fsp3) is 0.438. The van der Waals surface area contributed by atoms with Crippen LogP contribution < -0.4 is 4.74 Å². The second-order valence-electron chi connectivity index (χ2n) is 5.78. The Morgan fingerprint density at radius 2 is 1.90 bits per heavy atom. The molecule has 0 atom stereocenters. The third kappa shape index (κ3) is 4.05. The van der Waals surface area contributed by atoms with E-state index in [-0.39, 0.29) is 12.0 Å². The van der Waals surface area contributed by atoms with Gasteiger partial charge in [-0.15, -0.1) is 11.3 Å². The van der Waals surface area contributed by atoms with E-state index in [9.17, 15) is 0 Å². The molecule has 0 bridgehead atoms. The molecule has 0 fully saturated rings. The summed E-state index contributed by atoms with van der Waals surface area (Å²) in [4.78, 5) is 4.60. The predicted molar refractivity (Wildman–Crippen MR) is 82.4 cm³/mol. The molecule has 108 valence electrons. The molecule has 3 nitrogen and oxygen atoms in total. The van der Waals surface area contributed by atoms with Crippen molar-refractivity contribution >= 4 is 11.3 Å². The van der Waals surface area contributed by atoms with Gasteiger partial charge in [-0.1, -0.05) is 32.9 Å². The zero-order chi connectivity index (χ0) is 14.6. The lowest BCUT2D eigenvalue weighted by atomic mass is 9.93. The quantitative estimate of drug-likeness (QED) is 0.916. The zero-order valence-electron chi connectivity index (χ0n) is 12.2. The van der Waals surface area contributed by atoms with Crippen molar-refractivity contribution in [3.63, 3.8) is 0 Å². The van der Waals surface area contributed by atoms with Crippen molar-refractivity contribution in [3.05, 3.63) is 45.9 Å². The van der Waals surface area contributed by atoms with Crippen LogP contribution in [0.1, 0.15) is 37.0 Å². The minimum Gasteiger partial charge on any atom is -0.486 e. The number of aliphatic hydroxyl groups is 1.